The number of rotatable bonds is 2. The van der Waals surface area contributed by atoms with Crippen molar-refractivity contribution in [2.45, 2.75) is 13.5 Å². The molecule has 0 fully saturated rings. The van der Waals surface area contributed by atoms with E-state index >= 15 is 0 Å². The second-order valence-electron chi connectivity index (χ2n) is 3.54. The molecule has 0 atom stereocenters. The van der Waals surface area contributed by atoms with Crippen LogP contribution in [0.25, 0.3) is 0 Å². The molecule has 0 amide bonds. The van der Waals surface area contributed by atoms with Crippen LogP contribution in [0.1, 0.15) is 11.4 Å². The van der Waals surface area contributed by atoms with Crippen molar-refractivity contribution in [2.75, 3.05) is 0 Å². The lowest BCUT2D eigenvalue weighted by atomic mass is 10.3. The quantitative estimate of drug-likeness (QED) is 0.855. The van der Waals surface area contributed by atoms with Crippen molar-refractivity contribution in [2.24, 2.45) is 0 Å². The van der Waals surface area contributed by atoms with E-state index in [1.54, 1.807) is 25.3 Å². The molecule has 0 saturated heterocycles. The van der Waals surface area contributed by atoms with Gasteiger partial charge in [0.1, 0.15) is 4.47 Å². The van der Waals surface area contributed by atoms with Crippen molar-refractivity contribution in [3.63, 3.8) is 0 Å². The van der Waals surface area contributed by atoms with E-state index in [-0.39, 0.29) is 5.56 Å². The molecule has 0 aliphatic heterocycles. The molecule has 2 rings (SSSR count). The van der Waals surface area contributed by atoms with E-state index < -0.39 is 0 Å². The Morgan fingerprint density at radius 3 is 2.94 bits per heavy atom. The second-order valence-corrected chi connectivity index (χ2v) is 4.77. The highest BCUT2D eigenvalue weighted by atomic mass is 79.9. The van der Waals surface area contributed by atoms with Gasteiger partial charge in [0.15, 0.2) is 0 Å². The number of nitrogens with zero attached hydrogens (tertiary/aromatic N) is 3. The predicted molar refractivity (Wildman–Crippen MR) is 69.3 cm³/mol. The molecule has 0 aliphatic rings. The summed E-state index contributed by atoms with van der Waals surface area (Å²) in [6.07, 6.45) is 3.12. The summed E-state index contributed by atoms with van der Waals surface area (Å²) in [4.78, 5) is 20.1. The Morgan fingerprint density at radius 1 is 1.47 bits per heavy atom. The maximum Gasteiger partial charge on any atom is 0.268 e. The van der Waals surface area contributed by atoms with Gasteiger partial charge in [-0.25, -0.2) is 4.98 Å². The van der Waals surface area contributed by atoms with Gasteiger partial charge in [0.25, 0.3) is 5.56 Å². The van der Waals surface area contributed by atoms with Gasteiger partial charge in [-0.05, 0) is 35.0 Å². The third-order valence-corrected chi connectivity index (χ3v) is 3.42. The summed E-state index contributed by atoms with van der Waals surface area (Å²) >= 11 is 9.07. The van der Waals surface area contributed by atoms with Crippen LogP contribution in [-0.4, -0.2) is 14.5 Å². The molecule has 17 heavy (non-hydrogen) atoms. The number of pyridine rings is 1. The zero-order chi connectivity index (χ0) is 12.4. The summed E-state index contributed by atoms with van der Waals surface area (Å²) in [5.41, 5.74) is 1.27. The number of hydrogen-bond acceptors (Lipinski definition) is 3. The topological polar surface area (TPSA) is 47.8 Å². The predicted octanol–water partition coefficient (Wildman–Crippen LogP) is 2.41. The first-order chi connectivity index (χ1) is 8.08. The van der Waals surface area contributed by atoms with Gasteiger partial charge in [-0.1, -0.05) is 11.6 Å². The van der Waals surface area contributed by atoms with E-state index in [9.17, 15) is 4.79 Å². The van der Waals surface area contributed by atoms with Crippen LogP contribution in [0, 0.1) is 6.92 Å². The molecule has 4 nitrogen and oxygen atoms in total. The van der Waals surface area contributed by atoms with Gasteiger partial charge in [0.05, 0.1) is 24.3 Å². The van der Waals surface area contributed by atoms with Gasteiger partial charge in [-0.3, -0.25) is 14.3 Å². The molecule has 0 radical (unpaired) electrons. The maximum atomic E-state index is 11.9. The highest BCUT2D eigenvalue weighted by Crippen LogP contribution is 2.10. The first-order valence-electron chi connectivity index (χ1n) is 4.90. The molecular weight excluding hydrogens is 305 g/mol. The fourth-order valence-electron chi connectivity index (χ4n) is 1.37. The zero-order valence-corrected chi connectivity index (χ0v) is 11.4. The maximum absolute atomic E-state index is 11.9. The van der Waals surface area contributed by atoms with Gasteiger partial charge in [0.2, 0.25) is 0 Å². The molecule has 2 aromatic rings. The Morgan fingerprint density at radius 2 is 2.24 bits per heavy atom. The molecule has 6 heteroatoms. The summed E-state index contributed by atoms with van der Waals surface area (Å²) in [5.74, 6) is 0. The average Bonchev–Trinajstić information content (AvgIpc) is 2.30. The Hall–Kier alpha value is -1.20. The lowest BCUT2D eigenvalue weighted by Crippen LogP contribution is -2.23. The van der Waals surface area contributed by atoms with Crippen LogP contribution < -0.4 is 5.56 Å². The Kier molecular flexibility index (Phi) is 3.59. The fraction of sp³-hybridized carbons (Fsp3) is 0.182. The van der Waals surface area contributed by atoms with Crippen LogP contribution in [-0.2, 0) is 6.54 Å². The Balaban J connectivity index is 2.37. The van der Waals surface area contributed by atoms with Crippen LogP contribution in [0.2, 0.25) is 5.02 Å². The van der Waals surface area contributed by atoms with Crippen LogP contribution in [0.4, 0.5) is 0 Å². The first-order valence-corrected chi connectivity index (χ1v) is 6.07. The molecule has 0 aliphatic carbocycles. The summed E-state index contributed by atoms with van der Waals surface area (Å²) in [6, 6.07) is 3.42. The number of aromatic nitrogens is 3. The second kappa shape index (κ2) is 4.98. The molecule has 88 valence electrons. The lowest BCUT2D eigenvalue weighted by Gasteiger charge is -2.06. The SMILES string of the molecule is Cc1ncn(Cc2cc(Cl)ccn2)c(=O)c1Br. The van der Waals surface area contributed by atoms with Crippen LogP contribution in [0.15, 0.2) is 33.9 Å². The first kappa shape index (κ1) is 12.3. The lowest BCUT2D eigenvalue weighted by molar-refractivity contribution is 0.708. The highest BCUT2D eigenvalue weighted by Gasteiger charge is 2.06. The minimum atomic E-state index is -0.126. The van der Waals surface area contributed by atoms with Crippen LogP contribution >= 0.6 is 27.5 Å². The van der Waals surface area contributed by atoms with Crippen LogP contribution in [0.5, 0.6) is 0 Å². The van der Waals surface area contributed by atoms with Gasteiger partial charge in [-0.2, -0.15) is 0 Å². The van der Waals surface area contributed by atoms with Crippen molar-refractivity contribution in [3.05, 3.63) is 55.9 Å². The van der Waals surface area contributed by atoms with Gasteiger partial charge in [0, 0.05) is 11.2 Å². The van der Waals surface area contributed by atoms with Crippen molar-refractivity contribution in [3.8, 4) is 0 Å². The van der Waals surface area contributed by atoms with Gasteiger partial charge >= 0.3 is 0 Å². The molecule has 0 N–H and O–H groups in total. The molecule has 0 bridgehead atoms. The smallest absolute Gasteiger partial charge is 0.268 e. The monoisotopic (exact) mass is 313 g/mol. The van der Waals surface area contributed by atoms with E-state index in [1.807, 2.05) is 0 Å². The summed E-state index contributed by atoms with van der Waals surface area (Å²) in [5, 5.41) is 0.599. The molecule has 0 unspecified atom stereocenters. The minimum absolute atomic E-state index is 0.126. The number of halogens is 2. The molecule has 0 spiro atoms. The number of aryl methyl sites for hydroxylation is 1. The van der Waals surface area contributed by atoms with Crippen molar-refractivity contribution >= 4 is 27.5 Å². The largest absolute Gasteiger partial charge is 0.292 e. The van der Waals surface area contributed by atoms with E-state index in [1.165, 1.54) is 10.9 Å². The normalized spacial score (nSPS) is 10.5. The van der Waals surface area contributed by atoms with Gasteiger partial charge in [-0.15, -0.1) is 0 Å². The van der Waals surface area contributed by atoms with Crippen LogP contribution in [0.3, 0.4) is 0 Å². The standard InChI is InChI=1S/C11H9BrClN3O/c1-7-10(12)11(17)16(6-15-7)5-9-4-8(13)2-3-14-9/h2-4,6H,5H2,1H3. The molecule has 0 aromatic carbocycles. The third-order valence-electron chi connectivity index (χ3n) is 2.27. The Labute approximate surface area is 111 Å². The fourth-order valence-corrected chi connectivity index (χ4v) is 1.88. The summed E-state index contributed by atoms with van der Waals surface area (Å²) in [6.45, 7) is 2.12. The van der Waals surface area contributed by atoms with Crippen molar-refractivity contribution < 1.29 is 0 Å². The average molecular weight is 315 g/mol. The van der Waals surface area contributed by atoms with E-state index in [2.05, 4.69) is 25.9 Å². The highest BCUT2D eigenvalue weighted by molar-refractivity contribution is 9.10. The van der Waals surface area contributed by atoms with E-state index in [0.29, 0.717) is 21.7 Å². The molecular formula is C11H9BrClN3O. The molecule has 2 heterocycles. The van der Waals surface area contributed by atoms with Crippen molar-refractivity contribution in [1.29, 1.82) is 0 Å². The molecule has 2 aromatic heterocycles. The zero-order valence-electron chi connectivity index (χ0n) is 9.02. The third kappa shape index (κ3) is 2.73. The van der Waals surface area contributed by atoms with Crippen molar-refractivity contribution in [1.82, 2.24) is 14.5 Å². The van der Waals surface area contributed by atoms with Gasteiger partial charge < -0.3 is 0 Å². The van der Waals surface area contributed by atoms with E-state index in [0.717, 1.165) is 5.69 Å². The van der Waals surface area contributed by atoms with E-state index in [4.69, 9.17) is 11.6 Å². The Bertz CT molecular complexity index is 612. The summed E-state index contributed by atoms with van der Waals surface area (Å²) in [7, 11) is 0. The molecule has 0 saturated carbocycles. The number of hydrogen-bond donors (Lipinski definition) is 0. The minimum Gasteiger partial charge on any atom is -0.292 e. The summed E-state index contributed by atoms with van der Waals surface area (Å²) < 4.78 is 1.96.